The first-order valence-electron chi connectivity index (χ1n) is 16.6. The highest BCUT2D eigenvalue weighted by Gasteiger charge is 2.44. The van der Waals surface area contributed by atoms with Gasteiger partial charge in [0.1, 0.15) is 16.7 Å². The first kappa shape index (κ1) is 32.5. The molecule has 4 aliphatic rings. The molecule has 2 aliphatic carbocycles. The number of anilines is 1. The van der Waals surface area contributed by atoms with Crippen LogP contribution in [-0.2, 0) is 27.6 Å². The Balaban J connectivity index is 1.38. The Morgan fingerprint density at radius 2 is 2.02 bits per heavy atom. The molecule has 2 aliphatic heterocycles. The van der Waals surface area contributed by atoms with Gasteiger partial charge in [0.2, 0.25) is 0 Å². The predicted molar refractivity (Wildman–Crippen MR) is 183 cm³/mol. The Kier molecular flexibility index (Phi) is 9.95. The minimum absolute atomic E-state index is 0.0323. The van der Waals surface area contributed by atoms with Crippen LogP contribution in [0.25, 0.3) is 0 Å². The van der Waals surface area contributed by atoms with Gasteiger partial charge in [0, 0.05) is 35.6 Å². The fourth-order valence-corrected chi connectivity index (χ4v) is 8.77. The maximum Gasteiger partial charge on any atom is 0.263 e. The van der Waals surface area contributed by atoms with Crippen LogP contribution in [0.4, 0.5) is 5.69 Å². The van der Waals surface area contributed by atoms with Gasteiger partial charge < -0.3 is 19.3 Å². The van der Waals surface area contributed by atoms with E-state index >= 15 is 0 Å². The van der Waals surface area contributed by atoms with Crippen LogP contribution in [0, 0.1) is 17.8 Å². The summed E-state index contributed by atoms with van der Waals surface area (Å²) in [5, 5.41) is 0.576. The van der Waals surface area contributed by atoms with Crippen molar-refractivity contribution >= 4 is 34.2 Å². The predicted octanol–water partition coefficient (Wildman–Crippen LogP) is 6.16. The molecule has 45 heavy (non-hydrogen) atoms. The van der Waals surface area contributed by atoms with Crippen molar-refractivity contribution in [3.05, 3.63) is 70.3 Å². The number of rotatable bonds is 4. The fourth-order valence-electron chi connectivity index (χ4n) is 7.56. The highest BCUT2D eigenvalue weighted by molar-refractivity contribution is 7.84. The Hall–Kier alpha value is -2.39. The van der Waals surface area contributed by atoms with E-state index in [1.54, 1.807) is 6.07 Å². The third kappa shape index (κ3) is 6.99. The smallest absolute Gasteiger partial charge is 0.263 e. The lowest BCUT2D eigenvalue weighted by Crippen LogP contribution is -2.49. The summed E-state index contributed by atoms with van der Waals surface area (Å²) < 4.78 is 29.3. The zero-order valence-corrected chi connectivity index (χ0v) is 28.7. The van der Waals surface area contributed by atoms with E-state index in [1.807, 2.05) is 25.1 Å². The summed E-state index contributed by atoms with van der Waals surface area (Å²) in [5.74, 6) is 1.47. The molecule has 0 radical (unpaired) electrons. The number of nitrogens with zero attached hydrogens (tertiary/aromatic N) is 2. The largest absolute Gasteiger partial charge is 0.490 e. The minimum Gasteiger partial charge on any atom is -0.490 e. The van der Waals surface area contributed by atoms with Crippen molar-refractivity contribution in [2.75, 3.05) is 51.8 Å². The summed E-state index contributed by atoms with van der Waals surface area (Å²) in [6, 6.07) is 12.0. The third-order valence-corrected chi connectivity index (χ3v) is 12.4. The third-order valence-electron chi connectivity index (χ3n) is 10.7. The number of nitrogens with one attached hydrogen (secondary N) is 1. The van der Waals surface area contributed by atoms with Crippen LogP contribution in [0.15, 0.2) is 48.6 Å². The van der Waals surface area contributed by atoms with Gasteiger partial charge in [-0.3, -0.25) is 9.52 Å². The molecule has 9 heteroatoms. The van der Waals surface area contributed by atoms with Crippen LogP contribution < -0.4 is 14.4 Å². The number of carbonyl (C=O) groups excluding carboxylic acids is 1. The molecule has 7 nitrogen and oxygen atoms in total. The number of fused-ring (bicyclic) bond motifs is 4. The average molecular weight is 654 g/mol. The van der Waals surface area contributed by atoms with Crippen LogP contribution in [0.5, 0.6) is 5.75 Å². The van der Waals surface area contributed by atoms with Gasteiger partial charge in [-0.25, -0.2) is 4.21 Å². The normalized spacial score (nSPS) is 32.5. The number of halogens is 1. The molecule has 1 amide bonds. The molecular weight excluding hydrogens is 606 g/mol. The van der Waals surface area contributed by atoms with Gasteiger partial charge in [-0.2, -0.15) is 0 Å². The molecule has 2 aromatic rings. The van der Waals surface area contributed by atoms with Gasteiger partial charge >= 0.3 is 0 Å². The Morgan fingerprint density at radius 1 is 1.18 bits per heavy atom. The SMILES string of the molecule is CC1C/C=C/C(OCCN(C)C)C2CCC2CN2C[C@@]3(CCCc4cc(Cl)ccc43)COc3ccc(cc32)C(=O)NS(=O)C1C. The topological polar surface area (TPSA) is 71.1 Å². The molecule has 0 aromatic heterocycles. The molecule has 0 saturated heterocycles. The van der Waals surface area contributed by atoms with E-state index in [9.17, 15) is 9.00 Å². The summed E-state index contributed by atoms with van der Waals surface area (Å²) in [5.41, 5.74) is 3.89. The second-order valence-corrected chi connectivity index (χ2v) is 16.0. The monoisotopic (exact) mass is 653 g/mol. The molecule has 2 heterocycles. The van der Waals surface area contributed by atoms with Crippen LogP contribution in [0.2, 0.25) is 5.02 Å². The molecule has 1 fully saturated rings. The lowest BCUT2D eigenvalue weighted by Gasteiger charge is -2.46. The number of likely N-dealkylation sites (N-methyl/N-ethyl adjacent to an activating group) is 1. The van der Waals surface area contributed by atoms with E-state index in [1.165, 1.54) is 11.1 Å². The van der Waals surface area contributed by atoms with Crippen LogP contribution >= 0.6 is 11.6 Å². The molecule has 2 bridgehead atoms. The molecule has 1 spiro atoms. The molecule has 1 saturated carbocycles. The lowest BCUT2D eigenvalue weighted by molar-refractivity contribution is -0.0180. The van der Waals surface area contributed by atoms with Crippen molar-refractivity contribution in [2.45, 2.75) is 69.1 Å². The highest BCUT2D eigenvalue weighted by atomic mass is 35.5. The summed E-state index contributed by atoms with van der Waals surface area (Å²) in [7, 11) is 2.64. The molecular formula is C36H48ClN3O4S. The number of allylic oxidation sites excluding steroid dienone is 1. The van der Waals surface area contributed by atoms with Crippen LogP contribution in [0.1, 0.15) is 67.4 Å². The van der Waals surface area contributed by atoms with Gasteiger partial charge in [0.15, 0.2) is 0 Å². The van der Waals surface area contributed by atoms with Crippen molar-refractivity contribution in [1.29, 1.82) is 0 Å². The minimum atomic E-state index is -1.51. The number of carbonyl (C=O) groups is 1. The van der Waals surface area contributed by atoms with E-state index in [2.05, 4.69) is 59.8 Å². The molecule has 7 atom stereocenters. The van der Waals surface area contributed by atoms with Crippen LogP contribution in [-0.4, -0.2) is 73.3 Å². The molecule has 6 unspecified atom stereocenters. The Bertz CT molecular complexity index is 1450. The second kappa shape index (κ2) is 13.8. The number of benzene rings is 2. The number of hydrogen-bond acceptors (Lipinski definition) is 6. The standard InChI is InChI=1S/C36H48ClN3O4S/c1-24-7-5-9-33(43-18-17-39(3)4)30-13-10-28(30)21-40-22-36(16-6-8-26-19-29(37)12-14-31(26)36)23-44-34-15-11-27(20-32(34)40)35(41)38-45(42)25(24)2/h5,9,11-12,14-15,19-20,24-25,28,30,33H,6-8,10,13,16-18,21-23H2,1-4H3,(H,38,41)/b9-5+/t24?,25?,28?,30?,33?,36-,45?/m0/s1. The van der Waals surface area contributed by atoms with Gasteiger partial charge in [-0.05, 0) is 119 Å². The van der Waals surface area contributed by atoms with Gasteiger partial charge in [0.05, 0.1) is 30.3 Å². The number of ether oxygens (including phenoxy) is 2. The fraction of sp³-hybridized carbons (Fsp3) is 0.583. The maximum absolute atomic E-state index is 13.4. The van der Waals surface area contributed by atoms with Crippen molar-refractivity contribution in [3.8, 4) is 5.75 Å². The van der Waals surface area contributed by atoms with Crippen molar-refractivity contribution < 1.29 is 18.5 Å². The van der Waals surface area contributed by atoms with Crippen LogP contribution in [0.3, 0.4) is 0 Å². The molecule has 1 N–H and O–H groups in total. The maximum atomic E-state index is 13.4. The van der Waals surface area contributed by atoms with Crippen molar-refractivity contribution in [3.63, 3.8) is 0 Å². The molecule has 244 valence electrons. The quantitative estimate of drug-likeness (QED) is 0.399. The van der Waals surface area contributed by atoms with E-state index in [-0.39, 0.29) is 28.6 Å². The summed E-state index contributed by atoms with van der Waals surface area (Å²) >= 11 is 6.45. The second-order valence-electron chi connectivity index (χ2n) is 14.0. The summed E-state index contributed by atoms with van der Waals surface area (Å²) in [4.78, 5) is 18.1. The van der Waals surface area contributed by atoms with Crippen molar-refractivity contribution in [2.24, 2.45) is 17.8 Å². The van der Waals surface area contributed by atoms with E-state index in [0.717, 1.165) is 74.6 Å². The Labute approximate surface area is 276 Å². The summed E-state index contributed by atoms with van der Waals surface area (Å²) in [6.45, 7) is 7.83. The molecule has 6 rings (SSSR count). The Morgan fingerprint density at radius 3 is 2.80 bits per heavy atom. The number of amides is 1. The zero-order valence-electron chi connectivity index (χ0n) is 27.1. The van der Waals surface area contributed by atoms with E-state index in [4.69, 9.17) is 21.1 Å². The van der Waals surface area contributed by atoms with Gasteiger partial charge in [-0.1, -0.05) is 36.7 Å². The van der Waals surface area contributed by atoms with E-state index < -0.39 is 11.0 Å². The zero-order chi connectivity index (χ0) is 31.7. The first-order chi connectivity index (χ1) is 21.6. The van der Waals surface area contributed by atoms with Crippen molar-refractivity contribution in [1.82, 2.24) is 9.62 Å². The summed E-state index contributed by atoms with van der Waals surface area (Å²) in [6.07, 6.45) is 10.7. The average Bonchev–Trinajstić information content (AvgIpc) is 3.14. The van der Waals surface area contributed by atoms with Gasteiger partial charge in [-0.15, -0.1) is 0 Å². The first-order valence-corrected chi connectivity index (χ1v) is 18.2. The lowest BCUT2D eigenvalue weighted by atomic mass is 9.68. The van der Waals surface area contributed by atoms with E-state index in [0.29, 0.717) is 30.6 Å². The molecule has 2 aromatic carbocycles. The highest BCUT2D eigenvalue weighted by Crippen LogP contribution is 2.47. The number of hydrogen-bond donors (Lipinski definition) is 1. The van der Waals surface area contributed by atoms with Gasteiger partial charge in [0.25, 0.3) is 5.91 Å². The number of aryl methyl sites for hydroxylation is 1.